The van der Waals surface area contributed by atoms with Gasteiger partial charge in [0.1, 0.15) is 12.4 Å². The first-order valence-corrected chi connectivity index (χ1v) is 11.7. The minimum absolute atomic E-state index is 0.474. The van der Waals surface area contributed by atoms with Gasteiger partial charge in [0.15, 0.2) is 11.8 Å². The second-order valence-electron chi connectivity index (χ2n) is 7.76. The third-order valence-corrected chi connectivity index (χ3v) is 6.50. The molecule has 0 aromatic carbocycles. The number of guanidine groups is 1. The van der Waals surface area contributed by atoms with Crippen molar-refractivity contribution in [3.63, 3.8) is 0 Å². The Balaban J connectivity index is 1.55. The maximum atomic E-state index is 4.81. The van der Waals surface area contributed by atoms with Gasteiger partial charge < -0.3 is 20.1 Å². The Kier molecular flexibility index (Phi) is 8.49. The maximum Gasteiger partial charge on any atom is 0.191 e. The highest BCUT2D eigenvalue weighted by atomic mass is 32.1. The average Bonchev–Trinajstić information content (AvgIpc) is 3.36. The third kappa shape index (κ3) is 6.82. The number of likely N-dealkylation sites (tertiary alicyclic amines) is 1. The molecular formula is C21H35N7S. The molecule has 3 rings (SSSR count). The SMILES string of the molecule is CCCCN1CCC(NC(=NCc2nnc(C)n2C)NCCc2cccs2)CC1. The van der Waals surface area contributed by atoms with Gasteiger partial charge in [-0.1, -0.05) is 19.4 Å². The molecular weight excluding hydrogens is 382 g/mol. The summed E-state index contributed by atoms with van der Waals surface area (Å²) < 4.78 is 2.00. The number of aromatic nitrogens is 3. The van der Waals surface area contributed by atoms with Crippen molar-refractivity contribution in [2.24, 2.45) is 12.0 Å². The van der Waals surface area contributed by atoms with Crippen LogP contribution in [0.25, 0.3) is 0 Å². The number of nitrogens with zero attached hydrogens (tertiary/aromatic N) is 5. The second kappa shape index (κ2) is 11.3. The number of thiophene rings is 1. The van der Waals surface area contributed by atoms with Crippen LogP contribution in [-0.2, 0) is 20.0 Å². The van der Waals surface area contributed by atoms with E-state index in [-0.39, 0.29) is 0 Å². The molecule has 0 atom stereocenters. The summed E-state index contributed by atoms with van der Waals surface area (Å²) in [6.07, 6.45) is 5.91. The van der Waals surface area contributed by atoms with Crippen LogP contribution >= 0.6 is 11.3 Å². The molecule has 1 saturated heterocycles. The van der Waals surface area contributed by atoms with Crippen LogP contribution in [-0.4, -0.2) is 57.8 Å². The topological polar surface area (TPSA) is 70.4 Å². The van der Waals surface area contributed by atoms with Crippen LogP contribution in [0.15, 0.2) is 22.5 Å². The molecule has 0 aliphatic carbocycles. The molecule has 0 radical (unpaired) electrons. The molecule has 3 heterocycles. The molecule has 29 heavy (non-hydrogen) atoms. The quantitative estimate of drug-likeness (QED) is 0.485. The number of nitrogens with one attached hydrogen (secondary N) is 2. The molecule has 2 N–H and O–H groups in total. The van der Waals surface area contributed by atoms with Crippen molar-refractivity contribution in [1.82, 2.24) is 30.3 Å². The van der Waals surface area contributed by atoms with Crippen LogP contribution < -0.4 is 10.6 Å². The Morgan fingerprint density at radius 1 is 1.31 bits per heavy atom. The van der Waals surface area contributed by atoms with Gasteiger partial charge in [-0.3, -0.25) is 0 Å². The molecule has 1 fully saturated rings. The highest BCUT2D eigenvalue weighted by Crippen LogP contribution is 2.12. The Labute approximate surface area is 178 Å². The standard InChI is InChI=1S/C21H35N7S/c1-4-5-12-28-13-9-18(10-14-28)24-21(22-11-8-19-7-6-15-29-19)23-16-20-26-25-17(2)27(20)3/h6-7,15,18H,4-5,8-14,16H2,1-3H3,(H2,22,23,24). The van der Waals surface area contributed by atoms with E-state index in [1.54, 1.807) is 11.3 Å². The third-order valence-electron chi connectivity index (χ3n) is 5.56. The molecule has 0 amide bonds. The fourth-order valence-electron chi connectivity index (χ4n) is 3.53. The van der Waals surface area contributed by atoms with Crippen molar-refractivity contribution in [3.8, 4) is 0 Å². The fourth-order valence-corrected chi connectivity index (χ4v) is 4.23. The van der Waals surface area contributed by atoms with E-state index in [1.165, 1.54) is 50.2 Å². The Morgan fingerprint density at radius 2 is 2.14 bits per heavy atom. The van der Waals surface area contributed by atoms with Crippen LogP contribution in [0.1, 0.15) is 49.1 Å². The van der Waals surface area contributed by atoms with E-state index in [2.05, 4.69) is 50.2 Å². The van der Waals surface area contributed by atoms with Crippen LogP contribution in [0, 0.1) is 6.92 Å². The first-order chi connectivity index (χ1) is 14.2. The Morgan fingerprint density at radius 3 is 2.79 bits per heavy atom. The van der Waals surface area contributed by atoms with Gasteiger partial charge >= 0.3 is 0 Å². The van der Waals surface area contributed by atoms with Gasteiger partial charge in [0.25, 0.3) is 0 Å². The number of aryl methyl sites for hydroxylation is 1. The lowest BCUT2D eigenvalue weighted by atomic mass is 10.0. The van der Waals surface area contributed by atoms with Crippen molar-refractivity contribution >= 4 is 17.3 Å². The van der Waals surface area contributed by atoms with E-state index in [0.29, 0.717) is 12.6 Å². The largest absolute Gasteiger partial charge is 0.356 e. The van der Waals surface area contributed by atoms with Gasteiger partial charge in [-0.2, -0.15) is 0 Å². The number of hydrogen-bond acceptors (Lipinski definition) is 5. The molecule has 0 spiro atoms. The van der Waals surface area contributed by atoms with E-state index in [0.717, 1.165) is 30.6 Å². The molecule has 1 aliphatic heterocycles. The lowest BCUT2D eigenvalue weighted by Crippen LogP contribution is -2.49. The van der Waals surface area contributed by atoms with E-state index in [9.17, 15) is 0 Å². The van der Waals surface area contributed by atoms with Crippen LogP contribution in [0.4, 0.5) is 0 Å². The zero-order chi connectivity index (χ0) is 20.5. The molecule has 0 unspecified atom stereocenters. The number of piperidine rings is 1. The summed E-state index contributed by atoms with van der Waals surface area (Å²) in [5.41, 5.74) is 0. The molecule has 2 aromatic rings. The normalized spacial score (nSPS) is 16.3. The second-order valence-corrected chi connectivity index (χ2v) is 8.79. The lowest BCUT2D eigenvalue weighted by molar-refractivity contribution is 0.203. The van der Waals surface area contributed by atoms with Crippen LogP contribution in [0.3, 0.4) is 0 Å². The summed E-state index contributed by atoms with van der Waals surface area (Å²) in [4.78, 5) is 8.79. The Bertz CT molecular complexity index is 745. The highest BCUT2D eigenvalue weighted by molar-refractivity contribution is 7.09. The van der Waals surface area contributed by atoms with Crippen LogP contribution in [0.2, 0.25) is 0 Å². The fraction of sp³-hybridized carbons (Fsp3) is 0.667. The van der Waals surface area contributed by atoms with Crippen molar-refractivity contribution in [2.75, 3.05) is 26.2 Å². The number of hydrogen-bond donors (Lipinski definition) is 2. The molecule has 8 heteroatoms. The number of aliphatic imine (C=N–C) groups is 1. The van der Waals surface area contributed by atoms with E-state index in [4.69, 9.17) is 4.99 Å². The predicted molar refractivity (Wildman–Crippen MR) is 120 cm³/mol. The highest BCUT2D eigenvalue weighted by Gasteiger charge is 2.19. The van der Waals surface area contributed by atoms with E-state index < -0.39 is 0 Å². The molecule has 1 aliphatic rings. The summed E-state index contributed by atoms with van der Waals surface area (Å²) in [5.74, 6) is 2.68. The molecule has 0 saturated carbocycles. The van der Waals surface area contributed by atoms with Crippen LogP contribution in [0.5, 0.6) is 0 Å². The molecule has 0 bridgehead atoms. The number of rotatable bonds is 9. The average molecular weight is 418 g/mol. The van der Waals surface area contributed by atoms with Gasteiger partial charge in [-0.25, -0.2) is 4.99 Å². The van der Waals surface area contributed by atoms with Crippen molar-refractivity contribution in [2.45, 2.75) is 58.5 Å². The van der Waals surface area contributed by atoms with Gasteiger partial charge in [-0.05, 0) is 50.6 Å². The summed E-state index contributed by atoms with van der Waals surface area (Å²) in [6.45, 7) is 9.20. The molecule has 7 nitrogen and oxygen atoms in total. The van der Waals surface area contributed by atoms with E-state index >= 15 is 0 Å². The van der Waals surface area contributed by atoms with Crippen molar-refractivity contribution in [1.29, 1.82) is 0 Å². The van der Waals surface area contributed by atoms with Gasteiger partial charge in [-0.15, -0.1) is 21.5 Å². The first kappa shape index (κ1) is 21.8. The van der Waals surface area contributed by atoms with Gasteiger partial charge in [0.2, 0.25) is 0 Å². The van der Waals surface area contributed by atoms with Crippen molar-refractivity contribution < 1.29 is 0 Å². The zero-order valence-corrected chi connectivity index (χ0v) is 18.8. The van der Waals surface area contributed by atoms with Gasteiger partial charge in [0, 0.05) is 37.6 Å². The first-order valence-electron chi connectivity index (χ1n) is 10.8. The minimum Gasteiger partial charge on any atom is -0.356 e. The summed E-state index contributed by atoms with van der Waals surface area (Å²) in [6, 6.07) is 4.77. The smallest absolute Gasteiger partial charge is 0.191 e. The molecule has 2 aromatic heterocycles. The maximum absolute atomic E-state index is 4.81. The van der Waals surface area contributed by atoms with Gasteiger partial charge in [0.05, 0.1) is 0 Å². The lowest BCUT2D eigenvalue weighted by Gasteiger charge is -2.33. The molecule has 160 valence electrons. The number of unbranched alkanes of at least 4 members (excludes halogenated alkanes) is 1. The summed E-state index contributed by atoms with van der Waals surface area (Å²) in [7, 11) is 1.99. The predicted octanol–water partition coefficient (Wildman–Crippen LogP) is 2.73. The van der Waals surface area contributed by atoms with Crippen molar-refractivity contribution in [3.05, 3.63) is 34.0 Å². The van der Waals surface area contributed by atoms with E-state index in [1.807, 2.05) is 18.5 Å². The zero-order valence-electron chi connectivity index (χ0n) is 18.0. The summed E-state index contributed by atoms with van der Waals surface area (Å²) in [5, 5.41) is 17.7. The Hall–Kier alpha value is -1.93. The summed E-state index contributed by atoms with van der Waals surface area (Å²) >= 11 is 1.80. The minimum atomic E-state index is 0.474. The monoisotopic (exact) mass is 417 g/mol.